The lowest BCUT2D eigenvalue weighted by atomic mass is 9.95. The van der Waals surface area contributed by atoms with E-state index in [9.17, 15) is 4.39 Å². The third-order valence-corrected chi connectivity index (χ3v) is 3.46. The minimum atomic E-state index is -0.0502. The average Bonchev–Trinajstić information content (AvgIpc) is 2.32. The summed E-state index contributed by atoms with van der Waals surface area (Å²) in [5, 5.41) is 3.47. The number of rotatable bonds is 3. The maximum Gasteiger partial charge on any atom is 0.130 e. The van der Waals surface area contributed by atoms with Crippen LogP contribution < -0.4 is 5.32 Å². The zero-order chi connectivity index (χ0) is 11.4. The Hall–Kier alpha value is -0.890. The van der Waals surface area contributed by atoms with Crippen molar-refractivity contribution in [2.75, 3.05) is 0 Å². The van der Waals surface area contributed by atoms with E-state index in [4.69, 9.17) is 0 Å². The second-order valence-electron chi connectivity index (χ2n) is 4.76. The third-order valence-electron chi connectivity index (χ3n) is 3.46. The molecule has 0 radical (unpaired) electrons. The standard InChI is InChI=1S/C14H20FN/c1-11-6-5-7-12(14(11)15)10-16-13-8-3-2-4-9-13/h5-7,13,16H,2-4,8-10H2,1H3. The van der Waals surface area contributed by atoms with E-state index in [1.807, 2.05) is 25.1 Å². The van der Waals surface area contributed by atoms with Gasteiger partial charge in [-0.25, -0.2) is 4.39 Å². The summed E-state index contributed by atoms with van der Waals surface area (Å²) < 4.78 is 13.7. The number of hydrogen-bond donors (Lipinski definition) is 1. The minimum Gasteiger partial charge on any atom is -0.310 e. The summed E-state index contributed by atoms with van der Waals surface area (Å²) in [5.41, 5.74) is 1.54. The van der Waals surface area contributed by atoms with Crippen molar-refractivity contribution >= 4 is 0 Å². The van der Waals surface area contributed by atoms with Gasteiger partial charge < -0.3 is 5.32 Å². The molecule has 0 bridgehead atoms. The largest absolute Gasteiger partial charge is 0.310 e. The van der Waals surface area contributed by atoms with Crippen LogP contribution in [0.5, 0.6) is 0 Å². The van der Waals surface area contributed by atoms with Gasteiger partial charge in [0.2, 0.25) is 0 Å². The molecule has 0 atom stereocenters. The molecule has 1 nitrogen and oxygen atoms in total. The lowest BCUT2D eigenvalue weighted by molar-refractivity contribution is 0.370. The fourth-order valence-corrected chi connectivity index (χ4v) is 2.41. The molecular formula is C14H20FN. The first kappa shape index (κ1) is 11.6. The summed E-state index contributed by atoms with van der Waals surface area (Å²) in [6, 6.07) is 6.21. The Morgan fingerprint density at radius 2 is 2.00 bits per heavy atom. The SMILES string of the molecule is Cc1cccc(CNC2CCCCC2)c1F. The Labute approximate surface area is 97.1 Å². The van der Waals surface area contributed by atoms with E-state index in [0.29, 0.717) is 12.6 Å². The molecule has 2 rings (SSSR count). The highest BCUT2D eigenvalue weighted by Crippen LogP contribution is 2.18. The van der Waals surface area contributed by atoms with E-state index in [2.05, 4.69) is 5.32 Å². The van der Waals surface area contributed by atoms with Gasteiger partial charge in [-0.05, 0) is 25.3 Å². The van der Waals surface area contributed by atoms with E-state index in [-0.39, 0.29) is 5.82 Å². The van der Waals surface area contributed by atoms with Gasteiger partial charge in [0.25, 0.3) is 0 Å². The summed E-state index contributed by atoms with van der Waals surface area (Å²) >= 11 is 0. The first-order valence-corrected chi connectivity index (χ1v) is 6.25. The van der Waals surface area contributed by atoms with E-state index in [1.165, 1.54) is 32.1 Å². The van der Waals surface area contributed by atoms with Crippen LogP contribution in [0.3, 0.4) is 0 Å². The fourth-order valence-electron chi connectivity index (χ4n) is 2.41. The van der Waals surface area contributed by atoms with Gasteiger partial charge in [0.05, 0.1) is 0 Å². The first-order chi connectivity index (χ1) is 7.77. The van der Waals surface area contributed by atoms with E-state index in [1.54, 1.807) is 0 Å². The van der Waals surface area contributed by atoms with Gasteiger partial charge in [-0.2, -0.15) is 0 Å². The van der Waals surface area contributed by atoms with Gasteiger partial charge in [0.15, 0.2) is 0 Å². The zero-order valence-corrected chi connectivity index (χ0v) is 9.93. The lowest BCUT2D eigenvalue weighted by Gasteiger charge is -2.23. The predicted octanol–water partition coefficient (Wildman–Crippen LogP) is 3.56. The molecule has 1 fully saturated rings. The average molecular weight is 221 g/mol. The molecule has 1 aliphatic carbocycles. The first-order valence-electron chi connectivity index (χ1n) is 6.25. The van der Waals surface area contributed by atoms with Crippen molar-refractivity contribution in [2.45, 2.75) is 51.6 Å². The number of halogens is 1. The van der Waals surface area contributed by atoms with Crippen LogP contribution in [0.4, 0.5) is 4.39 Å². The smallest absolute Gasteiger partial charge is 0.130 e. The van der Waals surface area contributed by atoms with Crippen molar-refractivity contribution < 1.29 is 4.39 Å². The van der Waals surface area contributed by atoms with Crippen LogP contribution in [0.15, 0.2) is 18.2 Å². The van der Waals surface area contributed by atoms with Crippen LogP contribution in [0.1, 0.15) is 43.2 Å². The Balaban J connectivity index is 1.91. The molecule has 0 unspecified atom stereocenters. The molecule has 0 spiro atoms. The summed E-state index contributed by atoms with van der Waals surface area (Å²) in [4.78, 5) is 0. The van der Waals surface area contributed by atoms with Crippen LogP contribution in [-0.2, 0) is 6.54 Å². The normalized spacial score (nSPS) is 17.6. The second-order valence-corrected chi connectivity index (χ2v) is 4.76. The Morgan fingerprint density at radius 1 is 1.25 bits per heavy atom. The van der Waals surface area contributed by atoms with E-state index in [0.717, 1.165) is 11.1 Å². The molecule has 1 aromatic carbocycles. The van der Waals surface area contributed by atoms with Gasteiger partial charge in [-0.3, -0.25) is 0 Å². The van der Waals surface area contributed by atoms with Crippen molar-refractivity contribution in [1.29, 1.82) is 0 Å². The highest BCUT2D eigenvalue weighted by atomic mass is 19.1. The van der Waals surface area contributed by atoms with Gasteiger partial charge in [0, 0.05) is 18.2 Å². The lowest BCUT2D eigenvalue weighted by Crippen LogP contribution is -2.30. The molecule has 0 saturated heterocycles. The molecule has 1 aliphatic rings. The molecule has 0 aromatic heterocycles. The number of benzene rings is 1. The summed E-state index contributed by atoms with van der Waals surface area (Å²) in [5.74, 6) is -0.0502. The number of hydrogen-bond acceptors (Lipinski definition) is 1. The number of aryl methyl sites for hydroxylation is 1. The van der Waals surface area contributed by atoms with Crippen molar-refractivity contribution in [3.05, 3.63) is 35.1 Å². The van der Waals surface area contributed by atoms with Crippen molar-refractivity contribution in [2.24, 2.45) is 0 Å². The highest BCUT2D eigenvalue weighted by Gasteiger charge is 2.13. The molecule has 1 aromatic rings. The molecular weight excluding hydrogens is 201 g/mol. The van der Waals surface area contributed by atoms with Crippen molar-refractivity contribution in [3.63, 3.8) is 0 Å². The Morgan fingerprint density at radius 3 is 2.75 bits per heavy atom. The topological polar surface area (TPSA) is 12.0 Å². The molecule has 1 N–H and O–H groups in total. The predicted molar refractivity (Wildman–Crippen MR) is 64.8 cm³/mol. The number of nitrogens with one attached hydrogen (secondary N) is 1. The molecule has 1 saturated carbocycles. The maximum atomic E-state index is 13.7. The van der Waals surface area contributed by atoms with Gasteiger partial charge in [0.1, 0.15) is 5.82 Å². The third kappa shape index (κ3) is 2.82. The Bertz CT molecular complexity index is 343. The fraction of sp³-hybridized carbons (Fsp3) is 0.571. The summed E-state index contributed by atoms with van der Waals surface area (Å²) in [6.45, 7) is 2.48. The molecule has 88 valence electrons. The monoisotopic (exact) mass is 221 g/mol. The van der Waals surface area contributed by atoms with Gasteiger partial charge in [-0.1, -0.05) is 37.5 Å². The minimum absolute atomic E-state index is 0.0502. The summed E-state index contributed by atoms with van der Waals surface area (Å²) in [7, 11) is 0. The molecule has 0 heterocycles. The van der Waals surface area contributed by atoms with E-state index >= 15 is 0 Å². The van der Waals surface area contributed by atoms with Gasteiger partial charge >= 0.3 is 0 Å². The van der Waals surface area contributed by atoms with Crippen LogP contribution in [-0.4, -0.2) is 6.04 Å². The van der Waals surface area contributed by atoms with Crippen LogP contribution >= 0.6 is 0 Å². The quantitative estimate of drug-likeness (QED) is 0.823. The maximum absolute atomic E-state index is 13.7. The van der Waals surface area contributed by atoms with E-state index < -0.39 is 0 Å². The molecule has 2 heteroatoms. The zero-order valence-electron chi connectivity index (χ0n) is 9.93. The second kappa shape index (κ2) is 5.44. The highest BCUT2D eigenvalue weighted by molar-refractivity contribution is 5.24. The molecule has 0 amide bonds. The molecule has 16 heavy (non-hydrogen) atoms. The van der Waals surface area contributed by atoms with Crippen LogP contribution in [0.2, 0.25) is 0 Å². The van der Waals surface area contributed by atoms with Crippen LogP contribution in [0.25, 0.3) is 0 Å². The summed E-state index contributed by atoms with van der Waals surface area (Å²) in [6.07, 6.45) is 6.47. The van der Waals surface area contributed by atoms with Crippen molar-refractivity contribution in [3.8, 4) is 0 Å². The van der Waals surface area contributed by atoms with Crippen LogP contribution in [0, 0.1) is 12.7 Å². The van der Waals surface area contributed by atoms with Gasteiger partial charge in [-0.15, -0.1) is 0 Å². The molecule has 0 aliphatic heterocycles. The van der Waals surface area contributed by atoms with Crippen molar-refractivity contribution in [1.82, 2.24) is 5.32 Å². The Kier molecular flexibility index (Phi) is 3.94.